The molecule has 9 nitrogen and oxygen atoms in total. The minimum absolute atomic E-state index is 0.0897. The quantitative estimate of drug-likeness (QED) is 0.593. The number of rotatable bonds is 9. The van der Waals surface area contributed by atoms with Crippen LogP contribution in [0, 0.1) is 6.92 Å². The maximum Gasteiger partial charge on any atom is 0.274 e. The monoisotopic (exact) mass is 481 g/mol. The molecule has 3 amide bonds. The first-order chi connectivity index (χ1) is 16.9. The number of nitrogens with one attached hydrogen (secondary N) is 1. The Balaban J connectivity index is 1.36. The first kappa shape index (κ1) is 24.9. The highest BCUT2D eigenvalue weighted by molar-refractivity contribution is 5.98. The third-order valence-electron chi connectivity index (χ3n) is 6.63. The van der Waals surface area contributed by atoms with Gasteiger partial charge in [0.25, 0.3) is 11.8 Å². The van der Waals surface area contributed by atoms with Crippen LogP contribution >= 0.6 is 0 Å². The van der Waals surface area contributed by atoms with E-state index in [9.17, 15) is 14.4 Å². The summed E-state index contributed by atoms with van der Waals surface area (Å²) in [4.78, 5) is 42.1. The maximum atomic E-state index is 13.3. The van der Waals surface area contributed by atoms with Gasteiger partial charge in [0.1, 0.15) is 5.69 Å². The van der Waals surface area contributed by atoms with Gasteiger partial charge in [-0.15, -0.1) is 0 Å². The fourth-order valence-corrected chi connectivity index (χ4v) is 4.53. The SMILES string of the molecule is CCN(CCC(=O)NC[C@@H]1CCCO1)C(=O)c1cc2n(n1)CCCN(Cc1ccc(C)cc1)C2=O. The van der Waals surface area contributed by atoms with Crippen LogP contribution in [-0.4, -0.2) is 76.2 Å². The number of carbonyl (C=O) groups excluding carboxylic acids is 3. The van der Waals surface area contributed by atoms with E-state index in [2.05, 4.69) is 10.4 Å². The number of fused-ring (bicyclic) bond motifs is 1. The predicted molar refractivity (Wildman–Crippen MR) is 131 cm³/mol. The average molecular weight is 482 g/mol. The molecule has 2 aliphatic heterocycles. The Morgan fingerprint density at radius 3 is 2.71 bits per heavy atom. The molecule has 1 N–H and O–H groups in total. The van der Waals surface area contributed by atoms with Gasteiger partial charge in [-0.1, -0.05) is 29.8 Å². The lowest BCUT2D eigenvalue weighted by Crippen LogP contribution is -2.37. The number of hydrogen-bond donors (Lipinski definition) is 1. The molecular weight excluding hydrogens is 446 g/mol. The van der Waals surface area contributed by atoms with E-state index in [-0.39, 0.29) is 35.9 Å². The van der Waals surface area contributed by atoms with Crippen molar-refractivity contribution in [3.8, 4) is 0 Å². The fourth-order valence-electron chi connectivity index (χ4n) is 4.53. The van der Waals surface area contributed by atoms with Crippen LogP contribution in [0.1, 0.15) is 64.7 Å². The molecule has 2 aromatic rings. The maximum absolute atomic E-state index is 13.3. The Morgan fingerprint density at radius 2 is 2.00 bits per heavy atom. The zero-order chi connectivity index (χ0) is 24.8. The van der Waals surface area contributed by atoms with Crippen molar-refractivity contribution in [3.63, 3.8) is 0 Å². The summed E-state index contributed by atoms with van der Waals surface area (Å²) in [7, 11) is 0. The Labute approximate surface area is 206 Å². The highest BCUT2D eigenvalue weighted by atomic mass is 16.5. The number of ether oxygens (including phenoxy) is 1. The van der Waals surface area contributed by atoms with E-state index in [1.165, 1.54) is 5.56 Å². The summed E-state index contributed by atoms with van der Waals surface area (Å²) in [6.07, 6.45) is 3.06. The van der Waals surface area contributed by atoms with E-state index in [0.29, 0.717) is 45.0 Å². The van der Waals surface area contributed by atoms with Crippen molar-refractivity contribution in [2.24, 2.45) is 0 Å². The summed E-state index contributed by atoms with van der Waals surface area (Å²) in [5.41, 5.74) is 2.93. The smallest absolute Gasteiger partial charge is 0.274 e. The van der Waals surface area contributed by atoms with Crippen molar-refractivity contribution in [1.29, 1.82) is 0 Å². The second-order valence-corrected chi connectivity index (χ2v) is 9.28. The highest BCUT2D eigenvalue weighted by Gasteiger charge is 2.28. The van der Waals surface area contributed by atoms with Gasteiger partial charge in [-0.05, 0) is 38.7 Å². The third kappa shape index (κ3) is 6.28. The average Bonchev–Trinajstić information content (AvgIpc) is 3.51. The summed E-state index contributed by atoms with van der Waals surface area (Å²) in [6.45, 7) is 7.66. The van der Waals surface area contributed by atoms with Gasteiger partial charge in [-0.2, -0.15) is 5.10 Å². The van der Waals surface area contributed by atoms with Crippen molar-refractivity contribution < 1.29 is 19.1 Å². The molecule has 1 atom stereocenters. The first-order valence-corrected chi connectivity index (χ1v) is 12.5. The van der Waals surface area contributed by atoms with E-state index in [4.69, 9.17) is 4.74 Å². The normalized spacial score (nSPS) is 17.7. The van der Waals surface area contributed by atoms with Crippen LogP contribution in [0.5, 0.6) is 0 Å². The van der Waals surface area contributed by atoms with Gasteiger partial charge in [-0.25, -0.2) is 0 Å². The molecule has 9 heteroatoms. The van der Waals surface area contributed by atoms with Crippen molar-refractivity contribution >= 4 is 17.7 Å². The number of hydrogen-bond acceptors (Lipinski definition) is 5. The Kier molecular flexibility index (Phi) is 8.17. The molecule has 35 heavy (non-hydrogen) atoms. The van der Waals surface area contributed by atoms with Crippen LogP contribution in [0.25, 0.3) is 0 Å². The number of nitrogens with zero attached hydrogens (tertiary/aromatic N) is 4. The number of benzene rings is 1. The largest absolute Gasteiger partial charge is 0.376 e. The second-order valence-electron chi connectivity index (χ2n) is 9.28. The van der Waals surface area contributed by atoms with Crippen LogP contribution in [0.15, 0.2) is 30.3 Å². The third-order valence-corrected chi connectivity index (χ3v) is 6.63. The van der Waals surface area contributed by atoms with Crippen LogP contribution in [0.3, 0.4) is 0 Å². The van der Waals surface area contributed by atoms with Gasteiger partial charge in [0.05, 0.1) is 6.10 Å². The highest BCUT2D eigenvalue weighted by Crippen LogP contribution is 2.18. The molecule has 0 saturated carbocycles. The topological polar surface area (TPSA) is 96.8 Å². The number of amides is 3. The number of aryl methyl sites for hydroxylation is 2. The first-order valence-electron chi connectivity index (χ1n) is 12.5. The molecule has 0 radical (unpaired) electrons. The molecule has 3 heterocycles. The predicted octanol–water partition coefficient (Wildman–Crippen LogP) is 2.39. The van der Waals surface area contributed by atoms with Crippen LogP contribution < -0.4 is 5.32 Å². The number of aromatic nitrogens is 2. The Hall–Kier alpha value is -3.20. The summed E-state index contributed by atoms with van der Waals surface area (Å²) in [5.74, 6) is -0.488. The standard InChI is InChI=1S/C26H35N5O4/c1-3-29(14-11-24(32)27-17-21-6-4-15-35-21)25(33)22-16-23-26(34)30(12-5-13-31(23)28-22)18-20-9-7-19(2)8-10-20/h7-10,16,21H,3-6,11-15,17-18H2,1-2H3,(H,27,32)/t21-/m0/s1. The summed E-state index contributed by atoms with van der Waals surface area (Å²) >= 11 is 0. The fraction of sp³-hybridized carbons (Fsp3) is 0.538. The van der Waals surface area contributed by atoms with Crippen LogP contribution in [0.4, 0.5) is 0 Å². The molecule has 1 saturated heterocycles. The minimum Gasteiger partial charge on any atom is -0.376 e. The van der Waals surface area contributed by atoms with E-state index >= 15 is 0 Å². The lowest BCUT2D eigenvalue weighted by atomic mass is 10.1. The Morgan fingerprint density at radius 1 is 1.20 bits per heavy atom. The molecule has 1 aromatic heterocycles. The summed E-state index contributed by atoms with van der Waals surface area (Å²) in [5, 5.41) is 7.35. The van der Waals surface area contributed by atoms with Crippen molar-refractivity contribution in [2.75, 3.05) is 32.8 Å². The van der Waals surface area contributed by atoms with Crippen molar-refractivity contribution in [1.82, 2.24) is 24.9 Å². The van der Waals surface area contributed by atoms with Crippen molar-refractivity contribution in [3.05, 3.63) is 52.8 Å². The van der Waals surface area contributed by atoms with E-state index in [1.54, 1.807) is 15.6 Å². The lowest BCUT2D eigenvalue weighted by molar-refractivity contribution is -0.121. The second kappa shape index (κ2) is 11.5. The van der Waals surface area contributed by atoms with Gasteiger partial charge in [0.15, 0.2) is 5.69 Å². The van der Waals surface area contributed by atoms with Gasteiger partial charge in [0.2, 0.25) is 5.91 Å². The van der Waals surface area contributed by atoms with Gasteiger partial charge in [0, 0.05) is 58.4 Å². The van der Waals surface area contributed by atoms with E-state index < -0.39 is 0 Å². The minimum atomic E-state index is -0.266. The summed E-state index contributed by atoms with van der Waals surface area (Å²) in [6, 6.07) is 9.76. The molecule has 0 spiro atoms. The molecule has 1 aromatic carbocycles. The molecule has 0 unspecified atom stereocenters. The lowest BCUT2D eigenvalue weighted by Gasteiger charge is -2.20. The van der Waals surface area contributed by atoms with Gasteiger partial charge < -0.3 is 19.9 Å². The number of carbonyl (C=O) groups is 3. The zero-order valence-corrected chi connectivity index (χ0v) is 20.7. The zero-order valence-electron chi connectivity index (χ0n) is 20.7. The molecule has 188 valence electrons. The van der Waals surface area contributed by atoms with Crippen LogP contribution in [-0.2, 0) is 22.6 Å². The molecule has 1 fully saturated rings. The van der Waals surface area contributed by atoms with Crippen molar-refractivity contribution in [2.45, 2.75) is 58.7 Å². The molecule has 4 rings (SSSR count). The molecule has 0 bridgehead atoms. The molecule has 2 aliphatic rings. The summed E-state index contributed by atoms with van der Waals surface area (Å²) < 4.78 is 7.17. The van der Waals surface area contributed by atoms with Gasteiger partial charge in [-0.3, -0.25) is 19.1 Å². The molecular formula is C26H35N5O4. The van der Waals surface area contributed by atoms with Crippen LogP contribution in [0.2, 0.25) is 0 Å². The molecule has 0 aliphatic carbocycles. The Bertz CT molecular complexity index is 1040. The van der Waals surface area contributed by atoms with Gasteiger partial charge >= 0.3 is 0 Å². The van der Waals surface area contributed by atoms with E-state index in [1.807, 2.05) is 43.0 Å². The van der Waals surface area contributed by atoms with E-state index in [0.717, 1.165) is 31.4 Å².